The van der Waals surface area contributed by atoms with Crippen molar-refractivity contribution in [1.82, 2.24) is 10.0 Å². The monoisotopic (exact) mass is 410 g/mol. The molecule has 2 N–H and O–H groups in total. The highest BCUT2D eigenvalue weighted by molar-refractivity contribution is 7.89. The molecule has 148 valence electrons. The molecule has 0 bridgehead atoms. The third-order valence-corrected chi connectivity index (χ3v) is 6.13. The number of thiophene rings is 1. The summed E-state index contributed by atoms with van der Waals surface area (Å²) in [5.41, 5.74) is 0.430. The van der Waals surface area contributed by atoms with Gasteiger partial charge < -0.3 is 10.1 Å². The van der Waals surface area contributed by atoms with Crippen molar-refractivity contribution in [2.45, 2.75) is 37.6 Å². The number of ether oxygens (including phenoxy) is 1. The number of nitrogens with one attached hydrogen (secondary N) is 2. The molecule has 0 spiro atoms. The zero-order valence-electron chi connectivity index (χ0n) is 15.4. The van der Waals surface area contributed by atoms with Crippen molar-refractivity contribution in [3.8, 4) is 0 Å². The molecule has 27 heavy (non-hydrogen) atoms. The van der Waals surface area contributed by atoms with Crippen molar-refractivity contribution in [3.63, 3.8) is 0 Å². The SMILES string of the molecule is CCCCOCCCNC(=O)c1ccc(S(=O)(=O)NCc2cccs2)cc1. The van der Waals surface area contributed by atoms with Crippen molar-refractivity contribution >= 4 is 27.3 Å². The Morgan fingerprint density at radius 2 is 1.85 bits per heavy atom. The second-order valence-electron chi connectivity index (χ2n) is 6.00. The normalized spacial score (nSPS) is 11.4. The van der Waals surface area contributed by atoms with Gasteiger partial charge in [0.2, 0.25) is 10.0 Å². The van der Waals surface area contributed by atoms with Gasteiger partial charge >= 0.3 is 0 Å². The molecule has 0 saturated heterocycles. The standard InChI is InChI=1S/C19H26N2O4S2/c1-2-3-12-25-13-5-11-20-19(22)16-7-9-18(10-8-16)27(23,24)21-15-17-6-4-14-26-17/h4,6-10,14,21H,2-3,5,11-13,15H2,1H3,(H,20,22). The van der Waals surface area contributed by atoms with Gasteiger partial charge in [-0.15, -0.1) is 11.3 Å². The lowest BCUT2D eigenvalue weighted by Gasteiger charge is -2.08. The first kappa shape index (κ1) is 21.6. The van der Waals surface area contributed by atoms with Crippen molar-refractivity contribution in [2.75, 3.05) is 19.8 Å². The van der Waals surface area contributed by atoms with Crippen LogP contribution < -0.4 is 10.0 Å². The Bertz CT molecular complexity index is 788. The number of sulfonamides is 1. The molecular weight excluding hydrogens is 384 g/mol. The Hall–Kier alpha value is -1.74. The molecule has 2 aromatic rings. The van der Waals surface area contributed by atoms with Crippen LogP contribution in [0.5, 0.6) is 0 Å². The summed E-state index contributed by atoms with van der Waals surface area (Å²) in [5, 5.41) is 4.71. The maximum absolute atomic E-state index is 12.3. The van der Waals surface area contributed by atoms with Gasteiger partial charge in [0.05, 0.1) is 4.90 Å². The molecule has 0 unspecified atom stereocenters. The number of rotatable bonds is 12. The summed E-state index contributed by atoms with van der Waals surface area (Å²) in [6.07, 6.45) is 2.89. The van der Waals surface area contributed by atoms with Crippen LogP contribution >= 0.6 is 11.3 Å². The lowest BCUT2D eigenvalue weighted by Crippen LogP contribution is -2.26. The van der Waals surface area contributed by atoms with Crippen LogP contribution in [0.4, 0.5) is 0 Å². The fourth-order valence-electron chi connectivity index (χ4n) is 2.27. The summed E-state index contributed by atoms with van der Waals surface area (Å²) in [5.74, 6) is -0.223. The Kier molecular flexibility index (Phi) is 8.93. The van der Waals surface area contributed by atoms with Crippen molar-refractivity contribution in [3.05, 3.63) is 52.2 Å². The average Bonchev–Trinajstić information content (AvgIpc) is 3.19. The van der Waals surface area contributed by atoms with Crippen molar-refractivity contribution < 1.29 is 17.9 Å². The summed E-state index contributed by atoms with van der Waals surface area (Å²) in [7, 11) is -3.60. The van der Waals surface area contributed by atoms with Crippen LogP contribution in [0.25, 0.3) is 0 Å². The van der Waals surface area contributed by atoms with E-state index >= 15 is 0 Å². The van der Waals surface area contributed by atoms with E-state index in [0.29, 0.717) is 18.7 Å². The molecule has 1 aromatic carbocycles. The zero-order chi connectivity index (χ0) is 19.5. The molecule has 0 aliphatic heterocycles. The maximum atomic E-state index is 12.3. The van der Waals surface area contributed by atoms with Crippen LogP contribution in [0, 0.1) is 0 Å². The van der Waals surface area contributed by atoms with Gasteiger partial charge in [0.1, 0.15) is 0 Å². The van der Waals surface area contributed by atoms with E-state index in [1.807, 2.05) is 17.5 Å². The molecule has 0 aliphatic rings. The predicted octanol–water partition coefficient (Wildman–Crippen LogP) is 3.16. The van der Waals surface area contributed by atoms with Gasteiger partial charge in [0, 0.05) is 36.7 Å². The molecule has 8 heteroatoms. The molecule has 0 saturated carbocycles. The van der Waals surface area contributed by atoms with E-state index in [4.69, 9.17) is 4.74 Å². The number of carbonyl (C=O) groups is 1. The van der Waals surface area contributed by atoms with Crippen LogP contribution in [-0.2, 0) is 21.3 Å². The van der Waals surface area contributed by atoms with Gasteiger partial charge in [0.25, 0.3) is 5.91 Å². The number of unbranched alkanes of at least 4 members (excludes halogenated alkanes) is 1. The van der Waals surface area contributed by atoms with Crippen LogP contribution in [0.1, 0.15) is 41.4 Å². The van der Waals surface area contributed by atoms with E-state index in [1.165, 1.54) is 35.6 Å². The number of hydrogen-bond donors (Lipinski definition) is 2. The molecule has 0 fully saturated rings. The molecule has 1 heterocycles. The lowest BCUT2D eigenvalue weighted by atomic mass is 10.2. The highest BCUT2D eigenvalue weighted by Crippen LogP contribution is 2.13. The van der Waals surface area contributed by atoms with Crippen LogP contribution in [0.15, 0.2) is 46.7 Å². The van der Waals surface area contributed by atoms with Crippen LogP contribution in [0.2, 0.25) is 0 Å². The van der Waals surface area contributed by atoms with Gasteiger partial charge in [-0.3, -0.25) is 4.79 Å². The maximum Gasteiger partial charge on any atom is 0.251 e. The Balaban J connectivity index is 1.78. The van der Waals surface area contributed by atoms with E-state index in [-0.39, 0.29) is 17.3 Å². The minimum atomic E-state index is -3.60. The van der Waals surface area contributed by atoms with E-state index in [2.05, 4.69) is 17.0 Å². The second kappa shape index (κ2) is 11.2. The lowest BCUT2D eigenvalue weighted by molar-refractivity contribution is 0.0940. The molecular formula is C19H26N2O4S2. The number of carbonyl (C=O) groups excluding carboxylic acids is 1. The van der Waals surface area contributed by atoms with Gasteiger partial charge in [-0.25, -0.2) is 13.1 Å². The summed E-state index contributed by atoms with van der Waals surface area (Å²) in [4.78, 5) is 13.2. The number of amides is 1. The van der Waals surface area contributed by atoms with E-state index in [9.17, 15) is 13.2 Å². The smallest absolute Gasteiger partial charge is 0.251 e. The predicted molar refractivity (Wildman–Crippen MR) is 107 cm³/mol. The molecule has 0 radical (unpaired) electrons. The van der Waals surface area contributed by atoms with Gasteiger partial charge in [-0.05, 0) is 48.6 Å². The van der Waals surface area contributed by atoms with Crippen LogP contribution in [-0.4, -0.2) is 34.1 Å². The zero-order valence-corrected chi connectivity index (χ0v) is 17.1. The number of benzene rings is 1. The minimum Gasteiger partial charge on any atom is -0.381 e. The van der Waals surface area contributed by atoms with Crippen LogP contribution in [0.3, 0.4) is 0 Å². The Labute approximate surface area is 165 Å². The Morgan fingerprint density at radius 3 is 2.52 bits per heavy atom. The third-order valence-electron chi connectivity index (χ3n) is 3.84. The topological polar surface area (TPSA) is 84.5 Å². The van der Waals surface area contributed by atoms with Gasteiger partial charge in [-0.2, -0.15) is 0 Å². The number of hydrogen-bond acceptors (Lipinski definition) is 5. The largest absolute Gasteiger partial charge is 0.381 e. The van der Waals surface area contributed by atoms with Gasteiger partial charge in [-0.1, -0.05) is 19.4 Å². The quantitative estimate of drug-likeness (QED) is 0.527. The van der Waals surface area contributed by atoms with E-state index in [0.717, 1.165) is 30.7 Å². The first-order valence-electron chi connectivity index (χ1n) is 9.01. The minimum absolute atomic E-state index is 0.139. The summed E-state index contributed by atoms with van der Waals surface area (Å²) >= 11 is 1.49. The van der Waals surface area contributed by atoms with E-state index in [1.54, 1.807) is 0 Å². The second-order valence-corrected chi connectivity index (χ2v) is 8.80. The first-order chi connectivity index (χ1) is 13.0. The van der Waals surface area contributed by atoms with Gasteiger partial charge in [0.15, 0.2) is 0 Å². The molecule has 0 aliphatic carbocycles. The first-order valence-corrected chi connectivity index (χ1v) is 11.4. The summed E-state index contributed by atoms with van der Waals surface area (Å²) < 4.78 is 32.6. The average molecular weight is 411 g/mol. The van der Waals surface area contributed by atoms with Crippen molar-refractivity contribution in [1.29, 1.82) is 0 Å². The highest BCUT2D eigenvalue weighted by atomic mass is 32.2. The third kappa shape index (κ3) is 7.42. The van der Waals surface area contributed by atoms with E-state index < -0.39 is 10.0 Å². The fourth-order valence-corrected chi connectivity index (χ4v) is 4.02. The molecule has 0 atom stereocenters. The molecule has 6 nitrogen and oxygen atoms in total. The molecule has 1 amide bonds. The fraction of sp³-hybridized carbons (Fsp3) is 0.421. The summed E-state index contributed by atoms with van der Waals surface area (Å²) in [6.45, 7) is 4.25. The highest BCUT2D eigenvalue weighted by Gasteiger charge is 2.15. The molecule has 1 aromatic heterocycles. The summed E-state index contributed by atoms with van der Waals surface area (Å²) in [6, 6.07) is 9.67. The molecule has 2 rings (SSSR count). The Morgan fingerprint density at radius 1 is 1.11 bits per heavy atom. The van der Waals surface area contributed by atoms with Crippen molar-refractivity contribution in [2.24, 2.45) is 0 Å².